The smallest absolute Gasteiger partial charge is 0.306 e. The van der Waals surface area contributed by atoms with Crippen LogP contribution in [-0.4, -0.2) is 39.0 Å². The van der Waals surface area contributed by atoms with Gasteiger partial charge in [-0.2, -0.15) is 5.10 Å². The summed E-state index contributed by atoms with van der Waals surface area (Å²) in [5.74, 6) is 0. The number of aryl methyl sites for hydroxylation is 1. The second-order valence-corrected chi connectivity index (χ2v) is 5.61. The van der Waals surface area contributed by atoms with Gasteiger partial charge in [0.1, 0.15) is 12.4 Å². The van der Waals surface area contributed by atoms with Gasteiger partial charge < -0.3 is 10.0 Å². The molecule has 0 spiro atoms. The van der Waals surface area contributed by atoms with Crippen molar-refractivity contribution in [2.75, 3.05) is 18.0 Å². The summed E-state index contributed by atoms with van der Waals surface area (Å²) in [6, 6.07) is 6.24. The highest BCUT2D eigenvalue weighted by Gasteiger charge is 2.23. The van der Waals surface area contributed by atoms with E-state index in [1.54, 1.807) is 0 Å². The van der Waals surface area contributed by atoms with Crippen LogP contribution in [0, 0.1) is 17.0 Å². The van der Waals surface area contributed by atoms with Crippen molar-refractivity contribution in [2.24, 2.45) is 0 Å². The number of fused-ring (bicyclic) bond motifs is 1. The number of hydrogen-bond donors (Lipinski definition) is 1. The van der Waals surface area contributed by atoms with Gasteiger partial charge in [0, 0.05) is 18.8 Å². The number of hydrogen-bond acceptors (Lipinski definition) is 5. The van der Waals surface area contributed by atoms with Crippen LogP contribution in [0.3, 0.4) is 0 Å². The molecule has 0 amide bonds. The first-order valence-corrected chi connectivity index (χ1v) is 7.23. The van der Waals surface area contributed by atoms with Crippen LogP contribution in [-0.2, 0) is 13.0 Å². The van der Waals surface area contributed by atoms with Crippen LogP contribution in [0.1, 0.15) is 11.1 Å². The molecule has 2 aromatic rings. The van der Waals surface area contributed by atoms with E-state index in [2.05, 4.69) is 35.1 Å². The van der Waals surface area contributed by atoms with Crippen LogP contribution in [0.4, 0.5) is 11.4 Å². The molecule has 1 atom stereocenters. The van der Waals surface area contributed by atoms with E-state index in [0.29, 0.717) is 6.54 Å². The molecular weight excluding hydrogens is 284 g/mol. The van der Waals surface area contributed by atoms with Crippen molar-refractivity contribution < 1.29 is 10.0 Å². The van der Waals surface area contributed by atoms with Crippen LogP contribution in [0.15, 0.2) is 30.6 Å². The molecule has 1 unspecified atom stereocenters. The van der Waals surface area contributed by atoms with Gasteiger partial charge in [0.15, 0.2) is 0 Å². The Bertz CT molecular complexity index is 698. The molecule has 0 saturated heterocycles. The number of nitro groups is 1. The zero-order valence-electron chi connectivity index (χ0n) is 12.3. The van der Waals surface area contributed by atoms with Crippen molar-refractivity contribution in [2.45, 2.75) is 26.0 Å². The fourth-order valence-electron chi connectivity index (χ4n) is 3.00. The molecule has 116 valence electrons. The lowest BCUT2D eigenvalue weighted by Crippen LogP contribution is -2.34. The molecule has 3 rings (SSSR count). The van der Waals surface area contributed by atoms with Gasteiger partial charge in [0.2, 0.25) is 0 Å². The second kappa shape index (κ2) is 5.76. The molecular formula is C15H18N4O3. The molecule has 1 aromatic heterocycles. The molecule has 1 N–H and O–H groups in total. The molecule has 1 aromatic carbocycles. The Morgan fingerprint density at radius 2 is 2.27 bits per heavy atom. The molecule has 0 fully saturated rings. The largest absolute Gasteiger partial charge is 0.389 e. The lowest BCUT2D eigenvalue weighted by Gasteiger charge is -2.24. The van der Waals surface area contributed by atoms with Crippen molar-refractivity contribution in [3.63, 3.8) is 0 Å². The summed E-state index contributed by atoms with van der Waals surface area (Å²) < 4.78 is 1.41. The van der Waals surface area contributed by atoms with E-state index in [1.807, 2.05) is 0 Å². The van der Waals surface area contributed by atoms with Crippen LogP contribution >= 0.6 is 0 Å². The van der Waals surface area contributed by atoms with Crippen LogP contribution in [0.5, 0.6) is 0 Å². The van der Waals surface area contributed by atoms with Gasteiger partial charge in [-0.3, -0.25) is 14.8 Å². The van der Waals surface area contributed by atoms with E-state index in [1.165, 1.54) is 33.9 Å². The average molecular weight is 302 g/mol. The maximum Gasteiger partial charge on any atom is 0.306 e. The van der Waals surface area contributed by atoms with Crippen LogP contribution in [0.25, 0.3) is 0 Å². The quantitative estimate of drug-likeness (QED) is 0.668. The minimum atomic E-state index is -0.634. The van der Waals surface area contributed by atoms with E-state index >= 15 is 0 Å². The summed E-state index contributed by atoms with van der Waals surface area (Å²) in [5, 5.41) is 24.8. The first-order chi connectivity index (χ1) is 10.5. The Kier molecular flexibility index (Phi) is 3.81. The zero-order chi connectivity index (χ0) is 15.7. The molecule has 7 nitrogen and oxygen atoms in total. The zero-order valence-corrected chi connectivity index (χ0v) is 12.3. The number of rotatable bonds is 5. The number of aliphatic hydroxyl groups is 1. The monoisotopic (exact) mass is 302 g/mol. The molecule has 22 heavy (non-hydrogen) atoms. The molecule has 0 aliphatic carbocycles. The first kappa shape index (κ1) is 14.5. The van der Waals surface area contributed by atoms with Crippen LogP contribution < -0.4 is 4.90 Å². The van der Waals surface area contributed by atoms with Crippen molar-refractivity contribution >= 4 is 11.4 Å². The van der Waals surface area contributed by atoms with E-state index in [0.717, 1.165) is 13.0 Å². The van der Waals surface area contributed by atoms with Crippen molar-refractivity contribution in [3.05, 3.63) is 51.8 Å². The van der Waals surface area contributed by atoms with E-state index in [4.69, 9.17) is 0 Å². The van der Waals surface area contributed by atoms with Crippen molar-refractivity contribution in [1.29, 1.82) is 0 Å². The van der Waals surface area contributed by atoms with Crippen LogP contribution in [0.2, 0.25) is 0 Å². The number of β-amino-alcohol motifs (C(OH)–C–C–N with tert-alkyl or cyclic N) is 1. The van der Waals surface area contributed by atoms with Gasteiger partial charge in [0.25, 0.3) is 0 Å². The van der Waals surface area contributed by atoms with Gasteiger partial charge in [-0.15, -0.1) is 0 Å². The summed E-state index contributed by atoms with van der Waals surface area (Å²) in [4.78, 5) is 12.3. The van der Waals surface area contributed by atoms with Crippen molar-refractivity contribution in [3.8, 4) is 0 Å². The van der Waals surface area contributed by atoms with E-state index < -0.39 is 11.0 Å². The fraction of sp³-hybridized carbons (Fsp3) is 0.400. The number of nitrogens with zero attached hydrogens (tertiary/aromatic N) is 4. The maximum atomic E-state index is 10.6. The maximum absolute atomic E-state index is 10.6. The lowest BCUT2D eigenvalue weighted by atomic mass is 10.1. The summed E-state index contributed by atoms with van der Waals surface area (Å²) in [7, 11) is 0. The first-order valence-electron chi connectivity index (χ1n) is 7.23. The molecule has 0 bridgehead atoms. The predicted molar refractivity (Wildman–Crippen MR) is 82.0 cm³/mol. The summed E-state index contributed by atoms with van der Waals surface area (Å²) in [6.45, 7) is 3.69. The minimum Gasteiger partial charge on any atom is -0.389 e. The standard InChI is InChI=1S/C15H18N4O3/c1-11-3-2-4-12-5-6-17(15(11)12)9-14(20)10-18-8-13(7-16-18)19(21)22/h2-4,7-8,14,20H,5-6,9-10H2,1H3. The average Bonchev–Trinajstić information content (AvgIpc) is 3.07. The minimum absolute atomic E-state index is 0.0606. The number of benzene rings is 1. The van der Waals surface area contributed by atoms with Gasteiger partial charge in [0.05, 0.1) is 17.6 Å². The highest BCUT2D eigenvalue weighted by molar-refractivity contribution is 5.62. The summed E-state index contributed by atoms with van der Waals surface area (Å²) in [6.07, 6.45) is 2.89. The van der Waals surface area contributed by atoms with Gasteiger partial charge in [-0.05, 0) is 24.5 Å². The molecule has 2 heterocycles. The number of anilines is 1. The Labute approximate surface area is 127 Å². The lowest BCUT2D eigenvalue weighted by molar-refractivity contribution is -0.385. The number of aromatic nitrogens is 2. The van der Waals surface area contributed by atoms with Crippen molar-refractivity contribution in [1.82, 2.24) is 9.78 Å². The Hall–Kier alpha value is -2.41. The molecule has 1 aliphatic rings. The second-order valence-electron chi connectivity index (χ2n) is 5.61. The van der Waals surface area contributed by atoms with Gasteiger partial charge >= 0.3 is 5.69 Å². The normalized spacial score (nSPS) is 14.9. The SMILES string of the molecule is Cc1cccc2c1N(CC(O)Cn1cc([N+](=O)[O-])cn1)CC2. The van der Waals surface area contributed by atoms with E-state index in [-0.39, 0.29) is 12.2 Å². The topological polar surface area (TPSA) is 84.4 Å². The summed E-state index contributed by atoms with van der Waals surface area (Å²) in [5.41, 5.74) is 3.65. The molecule has 0 radical (unpaired) electrons. The fourth-order valence-corrected chi connectivity index (χ4v) is 3.00. The van der Waals surface area contributed by atoms with E-state index in [9.17, 15) is 15.2 Å². The van der Waals surface area contributed by atoms with Gasteiger partial charge in [-0.25, -0.2) is 0 Å². The third kappa shape index (κ3) is 2.80. The predicted octanol–water partition coefficient (Wildman–Crippen LogP) is 1.52. The number of aliphatic hydroxyl groups excluding tert-OH is 1. The van der Waals surface area contributed by atoms with Gasteiger partial charge in [-0.1, -0.05) is 18.2 Å². The third-order valence-corrected chi connectivity index (χ3v) is 3.95. The Balaban J connectivity index is 1.66. The molecule has 1 aliphatic heterocycles. The highest BCUT2D eigenvalue weighted by Crippen LogP contribution is 2.31. The summed E-state index contributed by atoms with van der Waals surface area (Å²) >= 11 is 0. The molecule has 0 saturated carbocycles. The third-order valence-electron chi connectivity index (χ3n) is 3.95. The molecule has 7 heteroatoms. The number of para-hydroxylation sites is 1. The highest BCUT2D eigenvalue weighted by atomic mass is 16.6. The Morgan fingerprint density at radius 1 is 1.45 bits per heavy atom. The Morgan fingerprint density at radius 3 is 3.00 bits per heavy atom.